The van der Waals surface area contributed by atoms with Crippen molar-refractivity contribution in [1.82, 2.24) is 24.4 Å². The molecule has 2 aliphatic rings. The summed E-state index contributed by atoms with van der Waals surface area (Å²) < 4.78 is 1.92. The third-order valence-corrected chi connectivity index (χ3v) is 6.06. The predicted octanol–water partition coefficient (Wildman–Crippen LogP) is 2.40. The van der Waals surface area contributed by atoms with Gasteiger partial charge >= 0.3 is 0 Å². The van der Waals surface area contributed by atoms with Crippen LogP contribution in [0.2, 0.25) is 0 Å². The van der Waals surface area contributed by atoms with E-state index < -0.39 is 0 Å². The van der Waals surface area contributed by atoms with Crippen molar-refractivity contribution in [2.24, 2.45) is 0 Å². The lowest BCUT2D eigenvalue weighted by Gasteiger charge is -2.42. The highest BCUT2D eigenvalue weighted by molar-refractivity contribution is 5.71. The molecule has 1 N–H and O–H groups in total. The molecule has 0 atom stereocenters. The van der Waals surface area contributed by atoms with Crippen LogP contribution in [0.15, 0.2) is 18.6 Å². The molecule has 1 aliphatic heterocycles. The fourth-order valence-electron chi connectivity index (χ4n) is 4.44. The molecule has 25 heavy (non-hydrogen) atoms. The Morgan fingerprint density at radius 3 is 2.60 bits per heavy atom. The van der Waals surface area contributed by atoms with Gasteiger partial charge in [-0.25, -0.2) is 9.50 Å². The van der Waals surface area contributed by atoms with Crippen molar-refractivity contribution < 1.29 is 0 Å². The van der Waals surface area contributed by atoms with Crippen molar-refractivity contribution in [3.05, 3.63) is 24.2 Å². The molecule has 0 radical (unpaired) electrons. The molecule has 0 bridgehead atoms. The van der Waals surface area contributed by atoms with Crippen molar-refractivity contribution in [2.75, 3.05) is 38.0 Å². The van der Waals surface area contributed by atoms with Gasteiger partial charge in [0.2, 0.25) is 0 Å². The molecule has 1 saturated carbocycles. The highest BCUT2D eigenvalue weighted by atomic mass is 15.3. The van der Waals surface area contributed by atoms with E-state index in [1.54, 1.807) is 6.33 Å². The minimum absolute atomic E-state index is 0.529. The molecule has 1 aliphatic carbocycles. The SMILES string of the molecule is CCN1CCN([C@H]2CC[C@H](Nc3ncnn4ccc(C)c34)CC2)CC1. The maximum Gasteiger partial charge on any atom is 0.154 e. The van der Waals surface area contributed by atoms with Gasteiger partial charge in [0.1, 0.15) is 11.8 Å². The molecule has 0 amide bonds. The Balaban J connectivity index is 1.34. The third-order valence-electron chi connectivity index (χ3n) is 6.06. The predicted molar refractivity (Wildman–Crippen MR) is 101 cm³/mol. The Bertz CT molecular complexity index is 695. The molecule has 136 valence electrons. The number of hydrogen-bond acceptors (Lipinski definition) is 5. The van der Waals surface area contributed by atoms with Crippen LogP contribution in [0, 0.1) is 6.92 Å². The molecule has 6 heteroatoms. The Morgan fingerprint density at radius 2 is 1.88 bits per heavy atom. The largest absolute Gasteiger partial charge is 0.365 e. The molecule has 6 nitrogen and oxygen atoms in total. The van der Waals surface area contributed by atoms with Crippen LogP contribution in [0.5, 0.6) is 0 Å². The quantitative estimate of drug-likeness (QED) is 0.925. The zero-order chi connectivity index (χ0) is 17.2. The zero-order valence-electron chi connectivity index (χ0n) is 15.5. The van der Waals surface area contributed by atoms with E-state index in [1.165, 1.54) is 64.0 Å². The number of fused-ring (bicyclic) bond motifs is 1. The first-order chi connectivity index (χ1) is 12.2. The van der Waals surface area contributed by atoms with Gasteiger partial charge in [0.25, 0.3) is 0 Å². The summed E-state index contributed by atoms with van der Waals surface area (Å²) >= 11 is 0. The van der Waals surface area contributed by atoms with Gasteiger partial charge in [0, 0.05) is 44.5 Å². The van der Waals surface area contributed by atoms with Crippen molar-refractivity contribution in [2.45, 2.75) is 51.6 Å². The van der Waals surface area contributed by atoms with Crippen LogP contribution >= 0.6 is 0 Å². The topological polar surface area (TPSA) is 48.7 Å². The first kappa shape index (κ1) is 16.8. The smallest absolute Gasteiger partial charge is 0.154 e. The molecule has 2 fully saturated rings. The minimum Gasteiger partial charge on any atom is -0.365 e. The van der Waals surface area contributed by atoms with Gasteiger partial charge < -0.3 is 10.2 Å². The van der Waals surface area contributed by atoms with E-state index in [0.29, 0.717) is 6.04 Å². The van der Waals surface area contributed by atoms with E-state index >= 15 is 0 Å². The van der Waals surface area contributed by atoms with Gasteiger partial charge in [-0.15, -0.1) is 0 Å². The number of nitrogens with one attached hydrogen (secondary N) is 1. The fourth-order valence-corrected chi connectivity index (χ4v) is 4.44. The number of hydrogen-bond donors (Lipinski definition) is 1. The van der Waals surface area contributed by atoms with Crippen LogP contribution in [0.3, 0.4) is 0 Å². The van der Waals surface area contributed by atoms with Gasteiger partial charge in [-0.3, -0.25) is 4.90 Å². The van der Waals surface area contributed by atoms with Crippen LogP contribution in [0.1, 0.15) is 38.2 Å². The highest BCUT2D eigenvalue weighted by Crippen LogP contribution is 2.27. The fraction of sp³-hybridized carbons (Fsp3) is 0.684. The van der Waals surface area contributed by atoms with Crippen molar-refractivity contribution in [3.8, 4) is 0 Å². The Kier molecular flexibility index (Phi) is 4.90. The monoisotopic (exact) mass is 342 g/mol. The number of aryl methyl sites for hydroxylation is 1. The number of rotatable bonds is 4. The first-order valence-corrected chi connectivity index (χ1v) is 9.76. The maximum atomic E-state index is 4.50. The summed E-state index contributed by atoms with van der Waals surface area (Å²) in [6, 6.07) is 3.40. The van der Waals surface area contributed by atoms with Crippen LogP contribution in [0.25, 0.3) is 5.52 Å². The number of anilines is 1. The number of aromatic nitrogens is 3. The van der Waals surface area contributed by atoms with Crippen molar-refractivity contribution >= 4 is 11.3 Å². The van der Waals surface area contributed by atoms with Crippen LogP contribution in [-0.4, -0.2) is 69.2 Å². The first-order valence-electron chi connectivity index (χ1n) is 9.76. The van der Waals surface area contributed by atoms with E-state index in [4.69, 9.17) is 0 Å². The summed E-state index contributed by atoms with van der Waals surface area (Å²) in [5, 5.41) is 7.99. The van der Waals surface area contributed by atoms with Gasteiger partial charge in [-0.05, 0) is 50.8 Å². The van der Waals surface area contributed by atoms with E-state index in [1.807, 2.05) is 10.7 Å². The van der Waals surface area contributed by atoms with Gasteiger partial charge in [-0.2, -0.15) is 5.10 Å². The molecule has 0 spiro atoms. The van der Waals surface area contributed by atoms with Crippen LogP contribution in [-0.2, 0) is 0 Å². The summed E-state index contributed by atoms with van der Waals surface area (Å²) in [5.74, 6) is 0.984. The van der Waals surface area contributed by atoms with Gasteiger partial charge in [0.15, 0.2) is 5.82 Å². The second-order valence-corrected chi connectivity index (χ2v) is 7.52. The molecule has 2 aromatic rings. The Hall–Kier alpha value is -1.66. The highest BCUT2D eigenvalue weighted by Gasteiger charge is 2.28. The summed E-state index contributed by atoms with van der Waals surface area (Å²) in [6.07, 6.45) is 8.71. The summed E-state index contributed by atoms with van der Waals surface area (Å²) in [4.78, 5) is 9.79. The lowest BCUT2D eigenvalue weighted by molar-refractivity contribution is 0.0800. The average Bonchev–Trinajstić information content (AvgIpc) is 3.05. The second kappa shape index (κ2) is 7.30. The third kappa shape index (κ3) is 3.51. The average molecular weight is 342 g/mol. The lowest BCUT2D eigenvalue weighted by atomic mass is 9.89. The van der Waals surface area contributed by atoms with E-state index in [9.17, 15) is 0 Å². The number of nitrogens with zero attached hydrogens (tertiary/aromatic N) is 5. The van der Waals surface area contributed by atoms with Crippen molar-refractivity contribution in [3.63, 3.8) is 0 Å². The number of likely N-dealkylation sites (N-methyl/N-ethyl adjacent to an activating group) is 1. The molecule has 3 heterocycles. The standard InChI is InChI=1S/C19H30N6/c1-3-23-10-12-24(13-11-23)17-6-4-16(5-7-17)22-19-18-15(2)8-9-25(18)21-14-20-19/h8-9,14,16-17H,3-7,10-13H2,1-2H3,(H,20,21,22)/t16-,17-. The van der Waals surface area contributed by atoms with Crippen LogP contribution < -0.4 is 5.32 Å². The molecular weight excluding hydrogens is 312 g/mol. The molecule has 1 saturated heterocycles. The maximum absolute atomic E-state index is 4.50. The second-order valence-electron chi connectivity index (χ2n) is 7.52. The van der Waals surface area contributed by atoms with E-state index in [0.717, 1.165) is 17.4 Å². The van der Waals surface area contributed by atoms with E-state index in [2.05, 4.69) is 45.1 Å². The van der Waals surface area contributed by atoms with E-state index in [-0.39, 0.29) is 0 Å². The minimum atomic E-state index is 0.529. The van der Waals surface area contributed by atoms with Gasteiger partial charge in [0.05, 0.1) is 0 Å². The lowest BCUT2D eigenvalue weighted by Crippen LogP contribution is -2.51. The van der Waals surface area contributed by atoms with Gasteiger partial charge in [-0.1, -0.05) is 6.92 Å². The summed E-state index contributed by atoms with van der Waals surface area (Å²) in [7, 11) is 0. The molecule has 2 aromatic heterocycles. The molecule has 0 unspecified atom stereocenters. The normalized spacial score (nSPS) is 26.2. The summed E-state index contributed by atoms with van der Waals surface area (Å²) in [6.45, 7) is 10.5. The molecular formula is C19H30N6. The van der Waals surface area contributed by atoms with Crippen molar-refractivity contribution in [1.29, 1.82) is 0 Å². The van der Waals surface area contributed by atoms with Crippen LogP contribution in [0.4, 0.5) is 5.82 Å². The Labute approximate surface area is 150 Å². The molecule has 0 aromatic carbocycles. The zero-order valence-corrected chi connectivity index (χ0v) is 15.5. The number of piperazine rings is 1. The summed E-state index contributed by atoms with van der Waals surface area (Å²) in [5.41, 5.74) is 2.34. The Morgan fingerprint density at radius 1 is 1.12 bits per heavy atom. The molecule has 4 rings (SSSR count).